The Balaban J connectivity index is 1.44. The zero-order valence-electron chi connectivity index (χ0n) is 18.0. The van der Waals surface area contributed by atoms with Crippen LogP contribution in [0.2, 0.25) is 0 Å². The molecule has 3 rings (SSSR count). The van der Waals surface area contributed by atoms with Crippen LogP contribution in [-0.2, 0) is 11.3 Å². The van der Waals surface area contributed by atoms with E-state index in [0.717, 1.165) is 0 Å². The molecule has 0 radical (unpaired) electrons. The average molecular weight is 434 g/mol. The number of amides is 3. The SMILES string of the molecule is CC(C)NC(=O)c1ccc(NC(=O)CNc2ccc(C(=O)NCc3ccco3)cc2)cc1. The maximum atomic E-state index is 12.2. The lowest BCUT2D eigenvalue weighted by atomic mass is 10.2. The molecule has 166 valence electrons. The number of hydrogen-bond donors (Lipinski definition) is 4. The lowest BCUT2D eigenvalue weighted by Gasteiger charge is -2.10. The summed E-state index contributed by atoms with van der Waals surface area (Å²) in [5.41, 5.74) is 2.35. The van der Waals surface area contributed by atoms with Crippen LogP contribution >= 0.6 is 0 Å². The van der Waals surface area contributed by atoms with E-state index in [1.54, 1.807) is 66.9 Å². The molecule has 0 aliphatic rings. The molecule has 1 aromatic heterocycles. The van der Waals surface area contributed by atoms with Crippen LogP contribution in [-0.4, -0.2) is 30.3 Å². The lowest BCUT2D eigenvalue weighted by molar-refractivity contribution is -0.114. The van der Waals surface area contributed by atoms with E-state index in [-0.39, 0.29) is 30.3 Å². The van der Waals surface area contributed by atoms with Crippen LogP contribution in [0.4, 0.5) is 11.4 Å². The van der Waals surface area contributed by atoms with Gasteiger partial charge in [0.05, 0.1) is 19.4 Å². The van der Waals surface area contributed by atoms with Crippen LogP contribution in [0.5, 0.6) is 0 Å². The van der Waals surface area contributed by atoms with Gasteiger partial charge in [0.2, 0.25) is 5.91 Å². The second-order valence-electron chi connectivity index (χ2n) is 7.45. The molecule has 32 heavy (non-hydrogen) atoms. The fraction of sp³-hybridized carbons (Fsp3) is 0.208. The van der Waals surface area contributed by atoms with Crippen molar-refractivity contribution in [1.82, 2.24) is 10.6 Å². The van der Waals surface area contributed by atoms with Crippen molar-refractivity contribution < 1.29 is 18.8 Å². The van der Waals surface area contributed by atoms with Gasteiger partial charge in [0, 0.05) is 28.5 Å². The van der Waals surface area contributed by atoms with Crippen LogP contribution in [0.25, 0.3) is 0 Å². The van der Waals surface area contributed by atoms with E-state index in [4.69, 9.17) is 4.42 Å². The van der Waals surface area contributed by atoms with Crippen molar-refractivity contribution >= 4 is 29.1 Å². The summed E-state index contributed by atoms with van der Waals surface area (Å²) >= 11 is 0. The Labute approximate surface area is 186 Å². The van der Waals surface area contributed by atoms with E-state index >= 15 is 0 Å². The average Bonchev–Trinajstić information content (AvgIpc) is 3.30. The fourth-order valence-electron chi connectivity index (χ4n) is 2.86. The lowest BCUT2D eigenvalue weighted by Crippen LogP contribution is -2.30. The van der Waals surface area contributed by atoms with Gasteiger partial charge in [-0.2, -0.15) is 0 Å². The highest BCUT2D eigenvalue weighted by molar-refractivity contribution is 5.97. The zero-order chi connectivity index (χ0) is 22.9. The summed E-state index contributed by atoms with van der Waals surface area (Å²) in [6, 6.07) is 17.1. The van der Waals surface area contributed by atoms with Gasteiger partial charge in [-0.1, -0.05) is 0 Å². The molecule has 0 fully saturated rings. The summed E-state index contributed by atoms with van der Waals surface area (Å²) in [5, 5.41) is 11.4. The maximum Gasteiger partial charge on any atom is 0.251 e. The Bertz CT molecular complexity index is 1040. The van der Waals surface area contributed by atoms with Gasteiger partial charge in [-0.3, -0.25) is 14.4 Å². The first-order chi connectivity index (χ1) is 15.4. The van der Waals surface area contributed by atoms with E-state index < -0.39 is 0 Å². The molecule has 0 saturated carbocycles. The molecule has 0 bridgehead atoms. The Morgan fingerprint density at radius 2 is 1.47 bits per heavy atom. The number of rotatable bonds is 9. The van der Waals surface area contributed by atoms with Gasteiger partial charge in [-0.25, -0.2) is 0 Å². The van der Waals surface area contributed by atoms with Crippen molar-refractivity contribution in [3.8, 4) is 0 Å². The highest BCUT2D eigenvalue weighted by atomic mass is 16.3. The number of carbonyl (C=O) groups excluding carboxylic acids is 3. The Hall–Kier alpha value is -4.07. The van der Waals surface area contributed by atoms with Gasteiger partial charge < -0.3 is 25.7 Å². The van der Waals surface area contributed by atoms with Crippen LogP contribution in [0.3, 0.4) is 0 Å². The molecule has 8 nitrogen and oxygen atoms in total. The number of anilines is 2. The molecule has 0 aliphatic carbocycles. The largest absolute Gasteiger partial charge is 0.467 e. The Morgan fingerprint density at radius 3 is 2.06 bits per heavy atom. The highest BCUT2D eigenvalue weighted by Crippen LogP contribution is 2.12. The monoisotopic (exact) mass is 434 g/mol. The third-order valence-electron chi connectivity index (χ3n) is 4.45. The molecule has 4 N–H and O–H groups in total. The quantitative estimate of drug-likeness (QED) is 0.412. The van der Waals surface area contributed by atoms with Crippen molar-refractivity contribution in [2.45, 2.75) is 26.4 Å². The topological polar surface area (TPSA) is 112 Å². The molecule has 0 saturated heterocycles. The predicted molar refractivity (Wildman–Crippen MR) is 122 cm³/mol. The van der Waals surface area contributed by atoms with Crippen molar-refractivity contribution in [1.29, 1.82) is 0 Å². The number of benzene rings is 2. The number of furan rings is 1. The summed E-state index contributed by atoms with van der Waals surface area (Å²) in [4.78, 5) is 36.3. The first-order valence-electron chi connectivity index (χ1n) is 10.3. The van der Waals surface area contributed by atoms with Crippen LogP contribution in [0.15, 0.2) is 71.3 Å². The minimum absolute atomic E-state index is 0.0538. The number of nitrogens with one attached hydrogen (secondary N) is 4. The van der Waals surface area contributed by atoms with Crippen molar-refractivity contribution in [2.24, 2.45) is 0 Å². The molecule has 3 amide bonds. The molecule has 0 spiro atoms. The third kappa shape index (κ3) is 6.73. The summed E-state index contributed by atoms with van der Waals surface area (Å²) in [6.07, 6.45) is 1.56. The number of hydrogen-bond acceptors (Lipinski definition) is 5. The van der Waals surface area contributed by atoms with Gasteiger partial charge >= 0.3 is 0 Å². The summed E-state index contributed by atoms with van der Waals surface area (Å²) in [7, 11) is 0. The first-order valence-corrected chi connectivity index (χ1v) is 10.3. The van der Waals surface area contributed by atoms with E-state index in [1.807, 2.05) is 13.8 Å². The Kier molecular flexibility index (Phi) is 7.64. The van der Waals surface area contributed by atoms with E-state index in [0.29, 0.717) is 34.8 Å². The summed E-state index contributed by atoms with van der Waals surface area (Å²) < 4.78 is 5.19. The van der Waals surface area contributed by atoms with Gasteiger partial charge in [0.15, 0.2) is 0 Å². The number of carbonyl (C=O) groups is 3. The molecule has 1 heterocycles. The van der Waals surface area contributed by atoms with Crippen LogP contribution < -0.4 is 21.3 Å². The fourth-order valence-corrected chi connectivity index (χ4v) is 2.86. The van der Waals surface area contributed by atoms with E-state index in [1.165, 1.54) is 0 Å². The smallest absolute Gasteiger partial charge is 0.251 e. The second kappa shape index (κ2) is 10.8. The Morgan fingerprint density at radius 1 is 0.844 bits per heavy atom. The van der Waals surface area contributed by atoms with Crippen LogP contribution in [0, 0.1) is 0 Å². The van der Waals surface area contributed by atoms with Gasteiger partial charge in [-0.15, -0.1) is 0 Å². The zero-order valence-corrected chi connectivity index (χ0v) is 18.0. The molecular formula is C24H26N4O4. The molecule has 0 aliphatic heterocycles. The minimum atomic E-state index is -0.232. The summed E-state index contributed by atoms with van der Waals surface area (Å²) in [5.74, 6) is 0.0783. The van der Waals surface area contributed by atoms with Gasteiger partial charge in [0.1, 0.15) is 5.76 Å². The summed E-state index contributed by atoms with van der Waals surface area (Å²) in [6.45, 7) is 4.16. The first kappa shape index (κ1) is 22.6. The van der Waals surface area contributed by atoms with E-state index in [9.17, 15) is 14.4 Å². The highest BCUT2D eigenvalue weighted by Gasteiger charge is 2.09. The van der Waals surface area contributed by atoms with Crippen molar-refractivity contribution in [3.05, 3.63) is 83.8 Å². The van der Waals surface area contributed by atoms with Crippen LogP contribution in [0.1, 0.15) is 40.3 Å². The second-order valence-corrected chi connectivity index (χ2v) is 7.45. The molecule has 3 aromatic rings. The van der Waals surface area contributed by atoms with Gasteiger partial charge in [-0.05, 0) is 74.5 Å². The van der Waals surface area contributed by atoms with Gasteiger partial charge in [0.25, 0.3) is 11.8 Å². The maximum absolute atomic E-state index is 12.2. The van der Waals surface area contributed by atoms with E-state index in [2.05, 4.69) is 21.3 Å². The van der Waals surface area contributed by atoms with Crippen molar-refractivity contribution in [2.75, 3.05) is 17.2 Å². The molecule has 8 heteroatoms. The molecular weight excluding hydrogens is 408 g/mol. The standard InChI is InChI=1S/C24H26N4O4/c1-16(2)27-24(31)18-7-11-20(12-8-18)28-22(29)15-25-19-9-5-17(6-10-19)23(30)26-14-21-4-3-13-32-21/h3-13,16,25H,14-15H2,1-2H3,(H,26,30)(H,27,31)(H,28,29). The minimum Gasteiger partial charge on any atom is -0.467 e. The molecule has 0 atom stereocenters. The third-order valence-corrected chi connectivity index (χ3v) is 4.45. The normalized spacial score (nSPS) is 10.5. The molecule has 2 aromatic carbocycles. The van der Waals surface area contributed by atoms with Crippen molar-refractivity contribution in [3.63, 3.8) is 0 Å². The molecule has 0 unspecified atom stereocenters. The predicted octanol–water partition coefficient (Wildman–Crippen LogP) is 3.40.